The number of rotatable bonds is 7. The molecule has 134 valence electrons. The summed E-state index contributed by atoms with van der Waals surface area (Å²) < 4.78 is 12.0. The van der Waals surface area contributed by atoms with Crippen LogP contribution in [0.25, 0.3) is 16.3 Å². The molecule has 0 bridgehead atoms. The molecule has 3 rings (SSSR count). The minimum Gasteiger partial charge on any atom is -0.493 e. The lowest BCUT2D eigenvalue weighted by atomic mass is 10.2. The van der Waals surface area contributed by atoms with Gasteiger partial charge in [-0.25, -0.2) is 4.98 Å². The standard InChI is InChI=1S/C20H20N2O3S/c1-3-12-25-16-10-8-14(13-17(16)24-2)9-11-19(23)22-20-21-15-6-4-5-7-18(15)26-20/h4-11,13H,3,12H2,1-2H3,(H,21,22,23). The van der Waals surface area contributed by atoms with Gasteiger partial charge in [0.1, 0.15) is 0 Å². The van der Waals surface area contributed by atoms with Crippen LogP contribution in [0.3, 0.4) is 0 Å². The number of anilines is 1. The summed E-state index contributed by atoms with van der Waals surface area (Å²) in [6, 6.07) is 13.3. The highest BCUT2D eigenvalue weighted by Crippen LogP contribution is 2.29. The Kier molecular flexibility index (Phi) is 5.86. The summed E-state index contributed by atoms with van der Waals surface area (Å²) >= 11 is 1.45. The number of thiazole rings is 1. The van der Waals surface area contributed by atoms with Crippen LogP contribution in [0.15, 0.2) is 48.5 Å². The predicted molar refractivity (Wildman–Crippen MR) is 106 cm³/mol. The van der Waals surface area contributed by atoms with Gasteiger partial charge in [0.15, 0.2) is 16.6 Å². The second-order valence-corrected chi connectivity index (χ2v) is 6.60. The third-order valence-electron chi connectivity index (χ3n) is 3.60. The maximum atomic E-state index is 12.1. The number of carbonyl (C=O) groups is 1. The molecule has 26 heavy (non-hydrogen) atoms. The Morgan fingerprint density at radius 2 is 2.08 bits per heavy atom. The van der Waals surface area contributed by atoms with E-state index in [0.717, 1.165) is 22.2 Å². The van der Waals surface area contributed by atoms with Crippen molar-refractivity contribution in [1.29, 1.82) is 0 Å². The summed E-state index contributed by atoms with van der Waals surface area (Å²) in [7, 11) is 1.60. The van der Waals surface area contributed by atoms with Crippen LogP contribution in [-0.4, -0.2) is 24.6 Å². The molecule has 0 atom stereocenters. The van der Waals surface area contributed by atoms with Crippen molar-refractivity contribution >= 4 is 38.7 Å². The largest absolute Gasteiger partial charge is 0.493 e. The molecule has 1 N–H and O–H groups in total. The number of hydrogen-bond acceptors (Lipinski definition) is 5. The molecule has 0 radical (unpaired) electrons. The molecule has 2 aromatic carbocycles. The Balaban J connectivity index is 1.67. The first-order valence-electron chi connectivity index (χ1n) is 8.35. The third-order valence-corrected chi connectivity index (χ3v) is 4.55. The topological polar surface area (TPSA) is 60.5 Å². The Labute approximate surface area is 156 Å². The van der Waals surface area contributed by atoms with Crippen LogP contribution in [0.1, 0.15) is 18.9 Å². The number of fused-ring (bicyclic) bond motifs is 1. The Bertz CT molecular complexity index is 901. The first-order chi connectivity index (χ1) is 12.7. The fourth-order valence-corrected chi connectivity index (χ4v) is 3.23. The summed E-state index contributed by atoms with van der Waals surface area (Å²) in [4.78, 5) is 16.5. The maximum Gasteiger partial charge on any atom is 0.250 e. The fourth-order valence-electron chi connectivity index (χ4n) is 2.36. The molecule has 0 saturated heterocycles. The van der Waals surface area contributed by atoms with E-state index in [0.29, 0.717) is 23.2 Å². The zero-order chi connectivity index (χ0) is 18.4. The molecular formula is C20H20N2O3S. The van der Waals surface area contributed by atoms with Crippen LogP contribution in [0.4, 0.5) is 5.13 Å². The van der Waals surface area contributed by atoms with Crippen molar-refractivity contribution in [3.8, 4) is 11.5 Å². The van der Waals surface area contributed by atoms with Crippen molar-refractivity contribution in [2.75, 3.05) is 19.0 Å². The van der Waals surface area contributed by atoms with Crippen LogP contribution in [0.2, 0.25) is 0 Å². The fraction of sp³-hybridized carbons (Fsp3) is 0.200. The molecule has 0 aliphatic carbocycles. The first kappa shape index (κ1) is 17.9. The van der Waals surface area contributed by atoms with Gasteiger partial charge in [-0.2, -0.15) is 0 Å². The van der Waals surface area contributed by atoms with Gasteiger partial charge >= 0.3 is 0 Å². The number of aromatic nitrogens is 1. The average Bonchev–Trinajstić information content (AvgIpc) is 3.07. The third kappa shape index (κ3) is 4.40. The van der Waals surface area contributed by atoms with Gasteiger partial charge in [-0.1, -0.05) is 36.5 Å². The number of benzene rings is 2. The van der Waals surface area contributed by atoms with Crippen LogP contribution in [-0.2, 0) is 4.79 Å². The number of hydrogen-bond donors (Lipinski definition) is 1. The van der Waals surface area contributed by atoms with Gasteiger partial charge in [0.05, 0.1) is 23.9 Å². The van der Waals surface area contributed by atoms with E-state index in [9.17, 15) is 4.79 Å². The van der Waals surface area contributed by atoms with Gasteiger partial charge in [0.25, 0.3) is 0 Å². The normalized spacial score (nSPS) is 11.0. The molecular weight excluding hydrogens is 348 g/mol. The van der Waals surface area contributed by atoms with Crippen LogP contribution in [0.5, 0.6) is 11.5 Å². The highest BCUT2D eigenvalue weighted by atomic mass is 32.1. The number of carbonyl (C=O) groups excluding carboxylic acids is 1. The number of nitrogens with one attached hydrogen (secondary N) is 1. The molecule has 0 spiro atoms. The molecule has 1 amide bonds. The highest BCUT2D eigenvalue weighted by molar-refractivity contribution is 7.22. The van der Waals surface area contributed by atoms with E-state index < -0.39 is 0 Å². The lowest BCUT2D eigenvalue weighted by Gasteiger charge is -2.10. The van der Waals surface area contributed by atoms with Crippen molar-refractivity contribution in [3.05, 3.63) is 54.1 Å². The van der Waals surface area contributed by atoms with Gasteiger partial charge in [-0.05, 0) is 42.3 Å². The SMILES string of the molecule is CCCOc1ccc(C=CC(=O)Nc2nc3ccccc3s2)cc1OC. The maximum absolute atomic E-state index is 12.1. The quantitative estimate of drug-likeness (QED) is 0.612. The number of methoxy groups -OCH3 is 1. The molecule has 0 aliphatic heterocycles. The van der Waals surface area contributed by atoms with E-state index in [1.807, 2.05) is 49.4 Å². The Morgan fingerprint density at radius 3 is 2.85 bits per heavy atom. The molecule has 0 unspecified atom stereocenters. The van der Waals surface area contributed by atoms with Crippen molar-refractivity contribution in [3.63, 3.8) is 0 Å². The van der Waals surface area contributed by atoms with E-state index in [1.54, 1.807) is 13.2 Å². The second kappa shape index (κ2) is 8.49. The van der Waals surface area contributed by atoms with E-state index in [-0.39, 0.29) is 5.91 Å². The lowest BCUT2D eigenvalue weighted by molar-refractivity contribution is -0.111. The molecule has 6 heteroatoms. The number of nitrogens with zero attached hydrogens (tertiary/aromatic N) is 1. The lowest BCUT2D eigenvalue weighted by Crippen LogP contribution is -2.07. The zero-order valence-electron chi connectivity index (χ0n) is 14.7. The number of amides is 1. The van der Waals surface area contributed by atoms with E-state index in [2.05, 4.69) is 10.3 Å². The zero-order valence-corrected chi connectivity index (χ0v) is 15.5. The summed E-state index contributed by atoms with van der Waals surface area (Å²) in [6.07, 6.45) is 4.14. The molecule has 0 fully saturated rings. The second-order valence-electron chi connectivity index (χ2n) is 5.57. The van der Waals surface area contributed by atoms with E-state index >= 15 is 0 Å². The van der Waals surface area contributed by atoms with Gasteiger partial charge in [-0.15, -0.1) is 0 Å². The minimum absolute atomic E-state index is 0.227. The van der Waals surface area contributed by atoms with Crippen molar-refractivity contribution in [2.24, 2.45) is 0 Å². The molecule has 1 aromatic heterocycles. The Hall–Kier alpha value is -2.86. The summed E-state index contributed by atoms with van der Waals surface area (Å²) in [6.45, 7) is 2.68. The molecule has 0 saturated carbocycles. The smallest absolute Gasteiger partial charge is 0.250 e. The monoisotopic (exact) mass is 368 g/mol. The summed E-state index contributed by atoms with van der Waals surface area (Å²) in [5, 5.41) is 3.38. The number of ether oxygens (including phenoxy) is 2. The van der Waals surface area contributed by atoms with Gasteiger partial charge in [-0.3, -0.25) is 10.1 Å². The Morgan fingerprint density at radius 1 is 1.23 bits per heavy atom. The van der Waals surface area contributed by atoms with Crippen LogP contribution in [0, 0.1) is 0 Å². The van der Waals surface area contributed by atoms with Gasteiger partial charge in [0.2, 0.25) is 5.91 Å². The molecule has 5 nitrogen and oxygen atoms in total. The average molecular weight is 368 g/mol. The molecule has 0 aliphatic rings. The molecule has 1 heterocycles. The minimum atomic E-state index is -0.227. The van der Waals surface area contributed by atoms with Gasteiger partial charge < -0.3 is 9.47 Å². The highest BCUT2D eigenvalue weighted by Gasteiger charge is 2.07. The molecule has 3 aromatic rings. The summed E-state index contributed by atoms with van der Waals surface area (Å²) in [5.74, 6) is 1.12. The predicted octanol–water partition coefficient (Wildman–Crippen LogP) is 4.75. The number of para-hydroxylation sites is 1. The van der Waals surface area contributed by atoms with Crippen molar-refractivity contribution in [2.45, 2.75) is 13.3 Å². The van der Waals surface area contributed by atoms with Crippen LogP contribution < -0.4 is 14.8 Å². The van der Waals surface area contributed by atoms with Crippen molar-refractivity contribution < 1.29 is 14.3 Å². The first-order valence-corrected chi connectivity index (χ1v) is 9.16. The van der Waals surface area contributed by atoms with E-state index in [1.165, 1.54) is 17.4 Å². The van der Waals surface area contributed by atoms with Crippen molar-refractivity contribution in [1.82, 2.24) is 4.98 Å². The van der Waals surface area contributed by atoms with Crippen LogP contribution >= 0.6 is 11.3 Å². The van der Waals surface area contributed by atoms with Gasteiger partial charge in [0, 0.05) is 6.08 Å². The van der Waals surface area contributed by atoms with E-state index in [4.69, 9.17) is 9.47 Å². The summed E-state index contributed by atoms with van der Waals surface area (Å²) in [5.41, 5.74) is 1.73.